The van der Waals surface area contributed by atoms with E-state index in [0.717, 1.165) is 12.8 Å². The van der Waals surface area contributed by atoms with Crippen molar-refractivity contribution in [3.63, 3.8) is 0 Å². The fourth-order valence-corrected chi connectivity index (χ4v) is 2.17. The molecule has 0 radical (unpaired) electrons. The lowest BCUT2D eigenvalue weighted by Gasteiger charge is -2.16. The number of hydrogen-bond acceptors (Lipinski definition) is 4. The van der Waals surface area contributed by atoms with Gasteiger partial charge in [0.15, 0.2) is 9.84 Å². The summed E-state index contributed by atoms with van der Waals surface area (Å²) in [7, 11) is -3.19. The molecule has 5 heteroatoms. The van der Waals surface area contributed by atoms with E-state index in [0.29, 0.717) is 12.3 Å². The lowest BCUT2D eigenvalue weighted by molar-refractivity contribution is 0.197. The van der Waals surface area contributed by atoms with Crippen LogP contribution in [0.25, 0.3) is 0 Å². The molecule has 0 aliphatic heterocycles. The first-order valence-electron chi connectivity index (χ1n) is 5.64. The van der Waals surface area contributed by atoms with Crippen LogP contribution in [-0.4, -0.2) is 27.3 Å². The molecule has 0 aliphatic carbocycles. The van der Waals surface area contributed by atoms with Gasteiger partial charge in [0.1, 0.15) is 11.9 Å². The van der Waals surface area contributed by atoms with E-state index >= 15 is 0 Å². The van der Waals surface area contributed by atoms with Crippen LogP contribution in [0.15, 0.2) is 29.2 Å². The molecule has 0 aromatic heterocycles. The summed E-state index contributed by atoms with van der Waals surface area (Å²) in [5.74, 6) is 0.553. The highest BCUT2D eigenvalue weighted by Crippen LogP contribution is 2.19. The van der Waals surface area contributed by atoms with Gasteiger partial charge in [0.05, 0.1) is 4.90 Å². The van der Waals surface area contributed by atoms with Crippen molar-refractivity contribution < 1.29 is 13.2 Å². The lowest BCUT2D eigenvalue weighted by Crippen LogP contribution is -2.26. The van der Waals surface area contributed by atoms with E-state index in [2.05, 4.69) is 6.92 Å². The van der Waals surface area contributed by atoms with Crippen molar-refractivity contribution in [2.45, 2.75) is 30.8 Å². The molecule has 0 saturated carbocycles. The van der Waals surface area contributed by atoms with Gasteiger partial charge in [-0.25, -0.2) is 8.42 Å². The Morgan fingerprint density at radius 3 is 2.65 bits per heavy atom. The first-order chi connectivity index (χ1) is 7.97. The van der Waals surface area contributed by atoms with E-state index in [9.17, 15) is 8.42 Å². The Morgan fingerprint density at radius 2 is 2.12 bits per heavy atom. The first kappa shape index (κ1) is 14.0. The van der Waals surface area contributed by atoms with Crippen LogP contribution < -0.4 is 10.5 Å². The first-order valence-corrected chi connectivity index (χ1v) is 7.53. The van der Waals surface area contributed by atoms with Crippen LogP contribution in [0.1, 0.15) is 19.8 Å². The molecule has 0 amide bonds. The molecule has 1 aromatic carbocycles. The summed E-state index contributed by atoms with van der Waals surface area (Å²) < 4.78 is 28.4. The largest absolute Gasteiger partial charge is 0.489 e. The predicted octanol–water partition coefficient (Wildman–Crippen LogP) is 1.60. The van der Waals surface area contributed by atoms with Crippen LogP contribution in [0.4, 0.5) is 0 Å². The molecule has 96 valence electrons. The maximum absolute atomic E-state index is 11.4. The minimum Gasteiger partial charge on any atom is -0.489 e. The number of ether oxygens (including phenoxy) is 1. The third-order valence-corrected chi connectivity index (χ3v) is 3.52. The van der Waals surface area contributed by atoms with E-state index in [4.69, 9.17) is 10.5 Å². The summed E-state index contributed by atoms with van der Waals surface area (Å²) in [6.07, 6.45) is 2.96. The van der Waals surface area contributed by atoms with Crippen LogP contribution in [0.2, 0.25) is 0 Å². The molecule has 0 bridgehead atoms. The van der Waals surface area contributed by atoms with Gasteiger partial charge >= 0.3 is 0 Å². The molecule has 0 fully saturated rings. The van der Waals surface area contributed by atoms with Gasteiger partial charge in [0.25, 0.3) is 0 Å². The summed E-state index contributed by atoms with van der Waals surface area (Å²) >= 11 is 0. The van der Waals surface area contributed by atoms with Crippen molar-refractivity contribution >= 4 is 9.84 Å². The molecule has 0 aliphatic rings. The zero-order valence-corrected chi connectivity index (χ0v) is 11.0. The average Bonchev–Trinajstić information content (AvgIpc) is 2.28. The normalized spacial score (nSPS) is 13.4. The molecule has 1 aromatic rings. The average molecular weight is 257 g/mol. The highest BCUT2D eigenvalue weighted by Gasteiger charge is 2.11. The molecular weight excluding hydrogens is 238 g/mol. The monoisotopic (exact) mass is 257 g/mol. The Hall–Kier alpha value is -1.07. The smallest absolute Gasteiger partial charge is 0.175 e. The van der Waals surface area contributed by atoms with Gasteiger partial charge < -0.3 is 10.5 Å². The number of rotatable bonds is 6. The molecule has 0 spiro atoms. The minimum atomic E-state index is -3.19. The van der Waals surface area contributed by atoms with E-state index in [-0.39, 0.29) is 11.0 Å². The van der Waals surface area contributed by atoms with Crippen molar-refractivity contribution in [1.29, 1.82) is 0 Å². The number of sulfone groups is 1. The van der Waals surface area contributed by atoms with Gasteiger partial charge in [-0.15, -0.1) is 0 Å². The summed E-state index contributed by atoms with van der Waals surface area (Å²) in [5.41, 5.74) is 5.59. The van der Waals surface area contributed by atoms with Gasteiger partial charge in [-0.05, 0) is 24.6 Å². The minimum absolute atomic E-state index is 0.0604. The van der Waals surface area contributed by atoms with Gasteiger partial charge in [-0.2, -0.15) is 0 Å². The van der Waals surface area contributed by atoms with E-state index in [1.54, 1.807) is 18.2 Å². The summed E-state index contributed by atoms with van der Waals surface area (Å²) in [5, 5.41) is 0. The molecule has 1 atom stereocenters. The van der Waals surface area contributed by atoms with Crippen LogP contribution in [0.5, 0.6) is 5.75 Å². The third kappa shape index (κ3) is 4.36. The lowest BCUT2D eigenvalue weighted by atomic mass is 10.2. The molecule has 2 N–H and O–H groups in total. The van der Waals surface area contributed by atoms with Crippen LogP contribution in [0.3, 0.4) is 0 Å². The van der Waals surface area contributed by atoms with Crippen molar-refractivity contribution in [2.24, 2.45) is 5.73 Å². The highest BCUT2D eigenvalue weighted by molar-refractivity contribution is 7.90. The van der Waals surface area contributed by atoms with Crippen molar-refractivity contribution in [3.8, 4) is 5.75 Å². The number of hydrogen-bond donors (Lipinski definition) is 1. The molecule has 0 saturated heterocycles. The number of benzene rings is 1. The Labute approximate surface area is 103 Å². The van der Waals surface area contributed by atoms with E-state index in [1.165, 1.54) is 12.3 Å². The van der Waals surface area contributed by atoms with Gasteiger partial charge in [0.2, 0.25) is 0 Å². The molecular formula is C12H19NO3S. The van der Waals surface area contributed by atoms with Crippen molar-refractivity contribution in [3.05, 3.63) is 24.3 Å². The third-order valence-electron chi connectivity index (χ3n) is 2.41. The zero-order valence-electron chi connectivity index (χ0n) is 10.2. The van der Waals surface area contributed by atoms with Crippen molar-refractivity contribution in [1.82, 2.24) is 0 Å². The maximum atomic E-state index is 11.4. The second-order valence-electron chi connectivity index (χ2n) is 4.01. The Kier molecular flexibility index (Phi) is 4.96. The zero-order chi connectivity index (χ0) is 12.9. The molecule has 0 heterocycles. The van der Waals surface area contributed by atoms with Crippen molar-refractivity contribution in [2.75, 3.05) is 12.8 Å². The standard InChI is InChI=1S/C12H19NO3S/c1-3-5-11(9-13)16-10-6-4-7-12(8-10)17(2,14)15/h4,6-8,11H,3,5,9,13H2,1-2H3. The highest BCUT2D eigenvalue weighted by atomic mass is 32.2. The Balaban J connectivity index is 2.85. The second-order valence-corrected chi connectivity index (χ2v) is 6.03. The maximum Gasteiger partial charge on any atom is 0.175 e. The van der Waals surface area contributed by atoms with Gasteiger partial charge in [0, 0.05) is 12.8 Å². The molecule has 1 rings (SSSR count). The van der Waals surface area contributed by atoms with E-state index < -0.39 is 9.84 Å². The van der Waals surface area contributed by atoms with Crippen LogP contribution >= 0.6 is 0 Å². The van der Waals surface area contributed by atoms with Crippen LogP contribution in [0, 0.1) is 0 Å². The van der Waals surface area contributed by atoms with Gasteiger partial charge in [-0.1, -0.05) is 19.4 Å². The second kappa shape index (κ2) is 6.02. The summed E-state index contributed by atoms with van der Waals surface area (Å²) in [6, 6.07) is 6.51. The summed E-state index contributed by atoms with van der Waals surface area (Å²) in [6.45, 7) is 2.48. The SMILES string of the molecule is CCCC(CN)Oc1cccc(S(C)(=O)=O)c1. The fraction of sp³-hybridized carbons (Fsp3) is 0.500. The predicted molar refractivity (Wildman–Crippen MR) is 67.9 cm³/mol. The Bertz CT molecular complexity index is 457. The molecule has 4 nitrogen and oxygen atoms in total. The van der Waals surface area contributed by atoms with E-state index in [1.807, 2.05) is 0 Å². The van der Waals surface area contributed by atoms with Crippen LogP contribution in [-0.2, 0) is 9.84 Å². The number of nitrogens with two attached hydrogens (primary N) is 1. The quantitative estimate of drug-likeness (QED) is 0.840. The molecule has 17 heavy (non-hydrogen) atoms. The Morgan fingerprint density at radius 1 is 1.41 bits per heavy atom. The van der Waals surface area contributed by atoms with Gasteiger partial charge in [-0.3, -0.25) is 0 Å². The summed E-state index contributed by atoms with van der Waals surface area (Å²) in [4.78, 5) is 0.266. The molecule has 1 unspecified atom stereocenters. The topological polar surface area (TPSA) is 69.4 Å². The fourth-order valence-electron chi connectivity index (χ4n) is 1.52.